The van der Waals surface area contributed by atoms with Crippen molar-refractivity contribution in [2.75, 3.05) is 0 Å². The molecule has 0 aliphatic rings. The molecule has 0 radical (unpaired) electrons. The Bertz CT molecular complexity index is 594. The van der Waals surface area contributed by atoms with Crippen molar-refractivity contribution in [3.05, 3.63) is 65.2 Å². The molecule has 0 heterocycles. The Morgan fingerprint density at radius 2 is 1.79 bits per heavy atom. The lowest BCUT2D eigenvalue weighted by atomic mass is 10.2. The summed E-state index contributed by atoms with van der Waals surface area (Å²) < 4.78 is 26.0. The van der Waals surface area contributed by atoms with E-state index in [0.29, 0.717) is 11.3 Å². The van der Waals surface area contributed by atoms with Crippen LogP contribution in [0.15, 0.2) is 47.4 Å². The van der Waals surface area contributed by atoms with Gasteiger partial charge in [0, 0.05) is 16.7 Å². The van der Waals surface area contributed by atoms with E-state index in [-0.39, 0.29) is 5.56 Å². The van der Waals surface area contributed by atoms with Crippen LogP contribution < -0.4 is 0 Å². The number of aromatic carboxylic acids is 1. The number of rotatable bonds is 4. The van der Waals surface area contributed by atoms with Gasteiger partial charge in [0.1, 0.15) is 11.6 Å². The number of benzene rings is 2. The van der Waals surface area contributed by atoms with E-state index in [1.54, 1.807) is 12.1 Å². The Kier molecular flexibility index (Phi) is 4.16. The average molecular weight is 280 g/mol. The quantitative estimate of drug-likeness (QED) is 0.861. The molecule has 2 aromatic carbocycles. The summed E-state index contributed by atoms with van der Waals surface area (Å²) in [4.78, 5) is 11.5. The van der Waals surface area contributed by atoms with Crippen LogP contribution in [-0.4, -0.2) is 11.1 Å². The molecule has 19 heavy (non-hydrogen) atoms. The maximum atomic E-state index is 13.0. The standard InChI is InChI=1S/C14H10F2O2S/c15-11-4-9(5-12(16)7-11)8-19-13-3-1-2-10(6-13)14(17)18/h1-7H,8H2,(H,17,18). The van der Waals surface area contributed by atoms with Crippen molar-refractivity contribution in [2.24, 2.45) is 0 Å². The lowest BCUT2D eigenvalue weighted by molar-refractivity contribution is 0.0696. The Balaban J connectivity index is 2.10. The van der Waals surface area contributed by atoms with Crippen LogP contribution in [-0.2, 0) is 5.75 Å². The van der Waals surface area contributed by atoms with Gasteiger partial charge in [0.25, 0.3) is 0 Å². The lowest BCUT2D eigenvalue weighted by Gasteiger charge is -2.04. The molecule has 0 saturated heterocycles. The zero-order chi connectivity index (χ0) is 13.8. The Morgan fingerprint density at radius 3 is 2.42 bits per heavy atom. The molecule has 0 aromatic heterocycles. The van der Waals surface area contributed by atoms with Crippen molar-refractivity contribution in [1.82, 2.24) is 0 Å². The summed E-state index contributed by atoms with van der Waals surface area (Å²) in [6.45, 7) is 0. The predicted molar refractivity (Wildman–Crippen MR) is 69.3 cm³/mol. The zero-order valence-corrected chi connectivity index (χ0v) is 10.6. The molecule has 0 fully saturated rings. The lowest BCUT2D eigenvalue weighted by Crippen LogP contribution is -1.95. The number of thioether (sulfide) groups is 1. The minimum absolute atomic E-state index is 0.190. The van der Waals surface area contributed by atoms with Crippen LogP contribution in [0.25, 0.3) is 0 Å². The molecule has 5 heteroatoms. The number of carbonyl (C=O) groups is 1. The molecule has 0 bridgehead atoms. The second kappa shape index (κ2) is 5.84. The molecule has 2 aromatic rings. The van der Waals surface area contributed by atoms with E-state index < -0.39 is 17.6 Å². The van der Waals surface area contributed by atoms with Crippen LogP contribution in [0.4, 0.5) is 8.78 Å². The fourth-order valence-electron chi connectivity index (χ4n) is 1.58. The van der Waals surface area contributed by atoms with Gasteiger partial charge in [-0.3, -0.25) is 0 Å². The average Bonchev–Trinajstić information content (AvgIpc) is 2.35. The van der Waals surface area contributed by atoms with E-state index >= 15 is 0 Å². The van der Waals surface area contributed by atoms with Gasteiger partial charge in [0.15, 0.2) is 0 Å². The minimum Gasteiger partial charge on any atom is -0.478 e. The number of carboxylic acids is 1. The molecular formula is C14H10F2O2S. The Morgan fingerprint density at radius 1 is 1.11 bits per heavy atom. The SMILES string of the molecule is O=C(O)c1cccc(SCc2cc(F)cc(F)c2)c1. The van der Waals surface area contributed by atoms with Gasteiger partial charge in [0.2, 0.25) is 0 Å². The first-order chi connectivity index (χ1) is 9.04. The van der Waals surface area contributed by atoms with E-state index in [2.05, 4.69) is 0 Å². The first-order valence-electron chi connectivity index (χ1n) is 5.46. The number of hydrogen-bond donors (Lipinski definition) is 1. The summed E-state index contributed by atoms with van der Waals surface area (Å²) in [6.07, 6.45) is 0. The van der Waals surface area contributed by atoms with Crippen molar-refractivity contribution in [1.29, 1.82) is 0 Å². The molecule has 2 rings (SSSR count). The third-order valence-electron chi connectivity index (χ3n) is 2.41. The fourth-order valence-corrected chi connectivity index (χ4v) is 2.46. The summed E-state index contributed by atoms with van der Waals surface area (Å²) >= 11 is 1.33. The third kappa shape index (κ3) is 3.79. The zero-order valence-electron chi connectivity index (χ0n) is 9.77. The van der Waals surface area contributed by atoms with Gasteiger partial charge in [-0.05, 0) is 35.9 Å². The molecule has 1 N–H and O–H groups in total. The highest BCUT2D eigenvalue weighted by atomic mass is 32.2. The first kappa shape index (κ1) is 13.5. The molecule has 98 valence electrons. The Labute approximate surface area is 113 Å². The van der Waals surface area contributed by atoms with Gasteiger partial charge in [-0.15, -0.1) is 11.8 Å². The normalized spacial score (nSPS) is 10.4. The number of hydrogen-bond acceptors (Lipinski definition) is 2. The van der Waals surface area contributed by atoms with Crippen LogP contribution in [0, 0.1) is 11.6 Å². The van der Waals surface area contributed by atoms with Crippen molar-refractivity contribution >= 4 is 17.7 Å². The van der Waals surface area contributed by atoms with Crippen LogP contribution in [0.2, 0.25) is 0 Å². The molecule has 2 nitrogen and oxygen atoms in total. The second-order valence-corrected chi connectivity index (χ2v) is 4.95. The molecule has 0 unspecified atom stereocenters. The molecular weight excluding hydrogens is 270 g/mol. The molecule has 0 spiro atoms. The summed E-state index contributed by atoms with van der Waals surface area (Å²) in [5, 5.41) is 8.86. The molecule has 0 saturated carbocycles. The van der Waals surface area contributed by atoms with Crippen molar-refractivity contribution in [3.8, 4) is 0 Å². The topological polar surface area (TPSA) is 37.3 Å². The van der Waals surface area contributed by atoms with Crippen molar-refractivity contribution < 1.29 is 18.7 Å². The predicted octanol–water partition coefficient (Wildman–Crippen LogP) is 3.96. The maximum Gasteiger partial charge on any atom is 0.335 e. The van der Waals surface area contributed by atoms with Crippen LogP contribution in [0.5, 0.6) is 0 Å². The largest absolute Gasteiger partial charge is 0.478 e. The smallest absolute Gasteiger partial charge is 0.335 e. The van der Waals surface area contributed by atoms with E-state index in [9.17, 15) is 13.6 Å². The maximum absolute atomic E-state index is 13.0. The van der Waals surface area contributed by atoms with E-state index in [1.165, 1.54) is 36.0 Å². The summed E-state index contributed by atoms with van der Waals surface area (Å²) in [7, 11) is 0. The molecule has 0 aliphatic carbocycles. The second-order valence-electron chi connectivity index (χ2n) is 3.90. The first-order valence-corrected chi connectivity index (χ1v) is 6.44. The van der Waals surface area contributed by atoms with Gasteiger partial charge in [-0.2, -0.15) is 0 Å². The highest BCUT2D eigenvalue weighted by Gasteiger charge is 2.05. The van der Waals surface area contributed by atoms with Crippen LogP contribution >= 0.6 is 11.8 Å². The van der Waals surface area contributed by atoms with Gasteiger partial charge in [-0.25, -0.2) is 13.6 Å². The van der Waals surface area contributed by atoms with E-state index in [0.717, 1.165) is 11.0 Å². The summed E-state index contributed by atoms with van der Waals surface area (Å²) in [5.74, 6) is -1.86. The molecule has 0 aliphatic heterocycles. The highest BCUT2D eigenvalue weighted by Crippen LogP contribution is 2.24. The van der Waals surface area contributed by atoms with Gasteiger partial charge >= 0.3 is 5.97 Å². The van der Waals surface area contributed by atoms with Crippen molar-refractivity contribution in [3.63, 3.8) is 0 Å². The summed E-state index contributed by atoms with van der Waals surface area (Å²) in [5.41, 5.74) is 0.707. The van der Waals surface area contributed by atoms with E-state index in [4.69, 9.17) is 5.11 Å². The third-order valence-corrected chi connectivity index (χ3v) is 3.47. The highest BCUT2D eigenvalue weighted by molar-refractivity contribution is 7.98. The molecule has 0 atom stereocenters. The van der Waals surface area contributed by atoms with Gasteiger partial charge < -0.3 is 5.11 Å². The fraction of sp³-hybridized carbons (Fsp3) is 0.0714. The number of carboxylic acid groups (broad SMARTS) is 1. The minimum atomic E-state index is -1.00. The Hall–Kier alpha value is -1.88. The van der Waals surface area contributed by atoms with Crippen molar-refractivity contribution in [2.45, 2.75) is 10.6 Å². The monoisotopic (exact) mass is 280 g/mol. The van der Waals surface area contributed by atoms with Gasteiger partial charge in [0.05, 0.1) is 5.56 Å². The summed E-state index contributed by atoms with van der Waals surface area (Å²) in [6, 6.07) is 9.76. The van der Waals surface area contributed by atoms with Crippen LogP contribution in [0.1, 0.15) is 15.9 Å². The van der Waals surface area contributed by atoms with Crippen LogP contribution in [0.3, 0.4) is 0 Å². The van der Waals surface area contributed by atoms with Gasteiger partial charge in [-0.1, -0.05) is 6.07 Å². The molecule has 0 amide bonds. The van der Waals surface area contributed by atoms with E-state index in [1.807, 2.05) is 0 Å². The number of halogens is 2.